The van der Waals surface area contributed by atoms with E-state index in [9.17, 15) is 8.42 Å². The lowest BCUT2D eigenvalue weighted by Crippen LogP contribution is -2.54. The number of aryl methyl sites for hydroxylation is 2. The van der Waals surface area contributed by atoms with Gasteiger partial charge in [-0.2, -0.15) is 4.31 Å². The summed E-state index contributed by atoms with van der Waals surface area (Å²) in [7, 11) is -3.50. The monoisotopic (exact) mass is 383 g/mol. The maximum Gasteiger partial charge on any atom is 0.243 e. The van der Waals surface area contributed by atoms with Crippen molar-refractivity contribution in [2.45, 2.75) is 52.5 Å². The Bertz CT molecular complexity index is 739. The molecule has 0 amide bonds. The molecule has 0 unspecified atom stereocenters. The first-order valence-corrected chi connectivity index (χ1v) is 10.5. The van der Waals surface area contributed by atoms with E-state index >= 15 is 0 Å². The van der Waals surface area contributed by atoms with E-state index in [1.807, 2.05) is 46.4 Å². The van der Waals surface area contributed by atoms with Gasteiger partial charge in [-0.05, 0) is 76.0 Å². The van der Waals surface area contributed by atoms with E-state index in [0.29, 0.717) is 36.2 Å². The molecule has 1 aromatic rings. The smallest absolute Gasteiger partial charge is 0.243 e. The lowest BCUT2D eigenvalue weighted by molar-refractivity contribution is 0.262. The van der Waals surface area contributed by atoms with Crippen molar-refractivity contribution >= 4 is 27.4 Å². The van der Waals surface area contributed by atoms with Gasteiger partial charge in [0.15, 0.2) is 5.11 Å². The van der Waals surface area contributed by atoms with Crippen LogP contribution in [-0.4, -0.2) is 55.0 Å². The summed E-state index contributed by atoms with van der Waals surface area (Å²) in [6, 6.07) is 2.33. The SMILES string of the molecule is Cc1cc(C)c(C)c(S(=O)(=O)N2CCN(C(=S)NC(C)C)CC2)c1C. The molecule has 0 aliphatic carbocycles. The molecule has 5 nitrogen and oxygen atoms in total. The summed E-state index contributed by atoms with van der Waals surface area (Å²) >= 11 is 5.40. The molecule has 0 atom stereocenters. The zero-order valence-electron chi connectivity index (χ0n) is 16.0. The van der Waals surface area contributed by atoms with Crippen LogP contribution in [0.2, 0.25) is 0 Å². The third kappa shape index (κ3) is 4.15. The largest absolute Gasteiger partial charge is 0.360 e. The Kier molecular flexibility index (Phi) is 6.12. The van der Waals surface area contributed by atoms with Crippen molar-refractivity contribution in [1.29, 1.82) is 0 Å². The van der Waals surface area contributed by atoms with Crippen LogP contribution in [-0.2, 0) is 10.0 Å². The van der Waals surface area contributed by atoms with Gasteiger partial charge in [-0.15, -0.1) is 0 Å². The summed E-state index contributed by atoms with van der Waals surface area (Å²) in [6.45, 7) is 13.9. The van der Waals surface area contributed by atoms with Crippen LogP contribution < -0.4 is 5.32 Å². The highest BCUT2D eigenvalue weighted by Gasteiger charge is 2.32. The molecule has 140 valence electrons. The molecule has 25 heavy (non-hydrogen) atoms. The van der Waals surface area contributed by atoms with E-state index in [4.69, 9.17) is 12.2 Å². The van der Waals surface area contributed by atoms with Gasteiger partial charge in [0.2, 0.25) is 10.0 Å². The lowest BCUT2D eigenvalue weighted by atomic mass is 10.0. The van der Waals surface area contributed by atoms with E-state index in [1.165, 1.54) is 0 Å². The number of benzene rings is 1. The minimum atomic E-state index is -3.50. The van der Waals surface area contributed by atoms with Crippen LogP contribution in [0.5, 0.6) is 0 Å². The predicted octanol–water partition coefficient (Wildman–Crippen LogP) is 2.51. The zero-order chi connectivity index (χ0) is 18.9. The van der Waals surface area contributed by atoms with Gasteiger partial charge in [-0.3, -0.25) is 0 Å². The van der Waals surface area contributed by atoms with Crippen molar-refractivity contribution < 1.29 is 8.42 Å². The number of hydrogen-bond acceptors (Lipinski definition) is 3. The second-order valence-electron chi connectivity index (χ2n) is 7.08. The molecular formula is C18H29N3O2S2. The van der Waals surface area contributed by atoms with E-state index in [-0.39, 0.29) is 6.04 Å². The molecule has 0 aromatic heterocycles. The van der Waals surface area contributed by atoms with E-state index in [1.54, 1.807) is 4.31 Å². The van der Waals surface area contributed by atoms with Crippen LogP contribution >= 0.6 is 12.2 Å². The molecule has 7 heteroatoms. The first-order valence-electron chi connectivity index (χ1n) is 8.68. The van der Waals surface area contributed by atoms with Crippen molar-refractivity contribution in [2.24, 2.45) is 0 Å². The summed E-state index contributed by atoms with van der Waals surface area (Å²) < 4.78 is 28.1. The first-order chi connectivity index (χ1) is 11.6. The molecule has 1 aliphatic rings. The van der Waals surface area contributed by atoms with Gasteiger partial charge in [-0.25, -0.2) is 8.42 Å². The van der Waals surface area contributed by atoms with Crippen molar-refractivity contribution in [3.63, 3.8) is 0 Å². The molecule has 0 saturated carbocycles. The molecule has 0 spiro atoms. The highest BCUT2D eigenvalue weighted by atomic mass is 32.2. The normalized spacial score (nSPS) is 16.4. The fourth-order valence-electron chi connectivity index (χ4n) is 3.17. The molecule has 1 aromatic carbocycles. The highest BCUT2D eigenvalue weighted by molar-refractivity contribution is 7.89. The Morgan fingerprint density at radius 1 is 1.04 bits per heavy atom. The number of thiocarbonyl (C=S) groups is 1. The van der Waals surface area contributed by atoms with Gasteiger partial charge in [0.1, 0.15) is 0 Å². The van der Waals surface area contributed by atoms with E-state index < -0.39 is 10.0 Å². The fraction of sp³-hybridized carbons (Fsp3) is 0.611. The van der Waals surface area contributed by atoms with Crippen LogP contribution in [0.4, 0.5) is 0 Å². The van der Waals surface area contributed by atoms with Crippen LogP contribution in [0.3, 0.4) is 0 Å². The number of piperazine rings is 1. The van der Waals surface area contributed by atoms with Gasteiger partial charge in [0, 0.05) is 32.2 Å². The number of nitrogens with zero attached hydrogens (tertiary/aromatic N) is 2. The Labute approximate surface area is 157 Å². The molecule has 1 fully saturated rings. The molecule has 0 bridgehead atoms. The van der Waals surface area contributed by atoms with Crippen LogP contribution in [0.25, 0.3) is 0 Å². The lowest BCUT2D eigenvalue weighted by Gasteiger charge is -2.36. The number of sulfonamides is 1. The summed E-state index contributed by atoms with van der Waals surface area (Å²) in [5, 5.41) is 3.92. The Hall–Kier alpha value is -1.18. The average Bonchev–Trinajstić information content (AvgIpc) is 2.52. The molecule has 1 saturated heterocycles. The Morgan fingerprint density at radius 2 is 1.52 bits per heavy atom. The van der Waals surface area contributed by atoms with Gasteiger partial charge in [0.05, 0.1) is 4.90 Å². The van der Waals surface area contributed by atoms with E-state index in [2.05, 4.69) is 11.4 Å². The predicted molar refractivity (Wildman–Crippen MR) is 107 cm³/mol. The molecular weight excluding hydrogens is 354 g/mol. The highest BCUT2D eigenvalue weighted by Crippen LogP contribution is 2.29. The van der Waals surface area contributed by atoms with Crippen molar-refractivity contribution in [1.82, 2.24) is 14.5 Å². The zero-order valence-corrected chi connectivity index (χ0v) is 17.6. The molecule has 1 N–H and O–H groups in total. The maximum atomic E-state index is 13.2. The van der Waals surface area contributed by atoms with Gasteiger partial charge >= 0.3 is 0 Å². The Morgan fingerprint density at radius 3 is 1.96 bits per heavy atom. The van der Waals surface area contributed by atoms with Crippen molar-refractivity contribution in [2.75, 3.05) is 26.2 Å². The third-order valence-electron chi connectivity index (χ3n) is 4.83. The number of nitrogens with one attached hydrogen (secondary N) is 1. The average molecular weight is 384 g/mol. The summed E-state index contributed by atoms with van der Waals surface area (Å²) in [5.41, 5.74) is 3.73. The van der Waals surface area contributed by atoms with Crippen LogP contribution in [0.15, 0.2) is 11.0 Å². The molecule has 1 aliphatic heterocycles. The number of hydrogen-bond donors (Lipinski definition) is 1. The van der Waals surface area contributed by atoms with Gasteiger partial charge in [-0.1, -0.05) is 6.07 Å². The summed E-state index contributed by atoms with van der Waals surface area (Å²) in [4.78, 5) is 2.52. The fourth-order valence-corrected chi connectivity index (χ4v) is 5.58. The maximum absolute atomic E-state index is 13.2. The minimum absolute atomic E-state index is 0.273. The second kappa shape index (κ2) is 7.60. The van der Waals surface area contributed by atoms with Gasteiger partial charge in [0.25, 0.3) is 0 Å². The van der Waals surface area contributed by atoms with E-state index in [0.717, 1.165) is 22.3 Å². The van der Waals surface area contributed by atoms with Crippen molar-refractivity contribution in [3.05, 3.63) is 28.3 Å². The first kappa shape index (κ1) is 20.1. The molecule has 0 radical (unpaired) electrons. The van der Waals surface area contributed by atoms with Crippen LogP contribution in [0, 0.1) is 27.7 Å². The third-order valence-corrected chi connectivity index (χ3v) is 7.38. The quantitative estimate of drug-likeness (QED) is 0.813. The molecule has 1 heterocycles. The number of rotatable bonds is 3. The second-order valence-corrected chi connectivity index (χ2v) is 9.35. The minimum Gasteiger partial charge on any atom is -0.360 e. The van der Waals surface area contributed by atoms with Crippen molar-refractivity contribution in [3.8, 4) is 0 Å². The summed E-state index contributed by atoms with van der Waals surface area (Å²) in [6.07, 6.45) is 0. The topological polar surface area (TPSA) is 52.7 Å². The molecule has 2 rings (SSSR count). The van der Waals surface area contributed by atoms with Crippen LogP contribution in [0.1, 0.15) is 36.1 Å². The Balaban J connectivity index is 2.23. The van der Waals surface area contributed by atoms with Gasteiger partial charge < -0.3 is 10.2 Å². The summed E-state index contributed by atoms with van der Waals surface area (Å²) in [5.74, 6) is 0. The standard InChI is InChI=1S/C18H29N3O2S2/c1-12(2)19-18(24)20-7-9-21(10-8-20)25(22,23)17-15(5)13(3)11-14(4)16(17)6/h11-12H,7-10H2,1-6H3,(H,19,24).